The maximum absolute atomic E-state index is 12.3. The standard InChI is InChI=1S/C16H21NO3S/c1-4-20-11-16(10-17)14(15(16)21(18,19)5-2)13-8-6-12(3)7-9-13/h6-9,14-15H,4-5,11H2,1-3H3/t14-,15-,16-/m1/s1. The number of hydrogen-bond acceptors (Lipinski definition) is 4. The molecule has 1 aromatic rings. The predicted molar refractivity (Wildman–Crippen MR) is 81.7 cm³/mol. The number of aryl methyl sites for hydroxylation is 1. The van der Waals surface area contributed by atoms with Crippen molar-refractivity contribution in [2.24, 2.45) is 5.41 Å². The molecule has 5 heteroatoms. The fourth-order valence-electron chi connectivity index (χ4n) is 2.97. The van der Waals surface area contributed by atoms with Gasteiger partial charge in [-0.25, -0.2) is 8.42 Å². The molecule has 0 saturated heterocycles. The summed E-state index contributed by atoms with van der Waals surface area (Å²) < 4.78 is 30.1. The lowest BCUT2D eigenvalue weighted by atomic mass is 10.0. The van der Waals surface area contributed by atoms with Crippen LogP contribution in [0.4, 0.5) is 0 Å². The summed E-state index contributed by atoms with van der Waals surface area (Å²) in [5.41, 5.74) is 1.07. The monoisotopic (exact) mass is 307 g/mol. The second kappa shape index (κ2) is 5.78. The summed E-state index contributed by atoms with van der Waals surface area (Å²) in [6.07, 6.45) is 0. The third-order valence-corrected chi connectivity index (χ3v) is 6.51. The largest absolute Gasteiger partial charge is 0.380 e. The predicted octanol–water partition coefficient (Wildman–Crippen LogP) is 2.44. The molecular formula is C16H21NO3S. The molecule has 0 aliphatic heterocycles. The topological polar surface area (TPSA) is 67.2 Å². The molecule has 0 amide bonds. The summed E-state index contributed by atoms with van der Waals surface area (Å²) in [7, 11) is -3.29. The molecule has 0 aromatic heterocycles. The zero-order chi connectivity index (χ0) is 15.7. The maximum atomic E-state index is 12.3. The Morgan fingerprint density at radius 1 is 1.29 bits per heavy atom. The highest BCUT2D eigenvalue weighted by molar-refractivity contribution is 7.92. The van der Waals surface area contributed by atoms with Gasteiger partial charge in [-0.3, -0.25) is 0 Å². The average molecular weight is 307 g/mol. The van der Waals surface area contributed by atoms with Crippen molar-refractivity contribution in [3.63, 3.8) is 0 Å². The van der Waals surface area contributed by atoms with Crippen molar-refractivity contribution in [1.82, 2.24) is 0 Å². The van der Waals surface area contributed by atoms with E-state index >= 15 is 0 Å². The number of nitriles is 1. The normalized spacial score (nSPS) is 28.1. The molecule has 1 saturated carbocycles. The van der Waals surface area contributed by atoms with Crippen LogP contribution in [0, 0.1) is 23.7 Å². The molecule has 2 rings (SSSR count). The SMILES string of the molecule is CCOC[C@]1(C#N)[C@H](c2ccc(C)cc2)[C@H]1S(=O)(=O)CC. The van der Waals surface area contributed by atoms with Crippen LogP contribution in [0.3, 0.4) is 0 Å². The number of nitrogens with zero attached hydrogens (tertiary/aromatic N) is 1. The first kappa shape index (κ1) is 16.0. The Kier molecular flexibility index (Phi) is 4.40. The van der Waals surface area contributed by atoms with Crippen molar-refractivity contribution < 1.29 is 13.2 Å². The summed E-state index contributed by atoms with van der Waals surface area (Å²) in [6.45, 7) is 6.10. The Morgan fingerprint density at radius 3 is 2.38 bits per heavy atom. The van der Waals surface area contributed by atoms with Gasteiger partial charge in [0.2, 0.25) is 0 Å². The smallest absolute Gasteiger partial charge is 0.155 e. The molecule has 4 nitrogen and oxygen atoms in total. The number of benzene rings is 1. The number of ether oxygens (including phenoxy) is 1. The fraction of sp³-hybridized carbons (Fsp3) is 0.562. The summed E-state index contributed by atoms with van der Waals surface area (Å²) in [5.74, 6) is -0.241. The molecule has 3 atom stereocenters. The van der Waals surface area contributed by atoms with Crippen LogP contribution in [0.15, 0.2) is 24.3 Å². The molecule has 0 bridgehead atoms. The van der Waals surface area contributed by atoms with E-state index in [0.717, 1.165) is 11.1 Å². The molecular weight excluding hydrogens is 286 g/mol. The molecule has 0 radical (unpaired) electrons. The lowest BCUT2D eigenvalue weighted by Crippen LogP contribution is -2.20. The van der Waals surface area contributed by atoms with E-state index in [2.05, 4.69) is 6.07 Å². The molecule has 1 aliphatic carbocycles. The van der Waals surface area contributed by atoms with Gasteiger partial charge in [-0.2, -0.15) is 5.26 Å². The fourth-order valence-corrected chi connectivity index (χ4v) is 4.97. The molecule has 1 aliphatic rings. The van der Waals surface area contributed by atoms with Crippen molar-refractivity contribution in [3.8, 4) is 6.07 Å². The summed E-state index contributed by atoms with van der Waals surface area (Å²) in [5, 5.41) is 8.95. The van der Waals surface area contributed by atoms with E-state index in [-0.39, 0.29) is 18.3 Å². The first-order chi connectivity index (χ1) is 9.93. The van der Waals surface area contributed by atoms with Gasteiger partial charge in [0.1, 0.15) is 5.41 Å². The maximum Gasteiger partial charge on any atom is 0.155 e. The Bertz CT molecular complexity index is 645. The van der Waals surface area contributed by atoms with E-state index in [0.29, 0.717) is 6.61 Å². The van der Waals surface area contributed by atoms with Gasteiger partial charge < -0.3 is 4.74 Å². The number of rotatable bonds is 6. The van der Waals surface area contributed by atoms with Gasteiger partial charge in [0.05, 0.1) is 17.9 Å². The van der Waals surface area contributed by atoms with E-state index < -0.39 is 20.5 Å². The van der Waals surface area contributed by atoms with Crippen molar-refractivity contribution in [3.05, 3.63) is 35.4 Å². The Hall–Kier alpha value is -1.38. The van der Waals surface area contributed by atoms with Crippen molar-refractivity contribution in [2.75, 3.05) is 19.0 Å². The second-order valence-corrected chi connectivity index (χ2v) is 7.96. The highest BCUT2D eigenvalue weighted by Crippen LogP contribution is 2.62. The van der Waals surface area contributed by atoms with E-state index in [1.807, 2.05) is 38.1 Å². The molecule has 114 valence electrons. The van der Waals surface area contributed by atoms with Gasteiger partial charge in [0.25, 0.3) is 0 Å². The van der Waals surface area contributed by atoms with Crippen LogP contribution < -0.4 is 0 Å². The Balaban J connectivity index is 2.42. The zero-order valence-corrected chi connectivity index (χ0v) is 13.5. The first-order valence-electron chi connectivity index (χ1n) is 7.20. The lowest BCUT2D eigenvalue weighted by Gasteiger charge is -2.09. The van der Waals surface area contributed by atoms with Crippen LogP contribution in [-0.4, -0.2) is 32.6 Å². The number of hydrogen-bond donors (Lipinski definition) is 0. The van der Waals surface area contributed by atoms with Gasteiger partial charge in [-0.05, 0) is 19.4 Å². The molecule has 1 aromatic carbocycles. The minimum atomic E-state index is -3.29. The number of sulfone groups is 1. The van der Waals surface area contributed by atoms with Gasteiger partial charge in [-0.15, -0.1) is 0 Å². The highest BCUT2D eigenvalue weighted by atomic mass is 32.2. The summed E-state index contributed by atoms with van der Waals surface area (Å²) in [6, 6.07) is 9.98. The lowest BCUT2D eigenvalue weighted by molar-refractivity contribution is 0.117. The second-order valence-electron chi connectivity index (χ2n) is 5.55. The average Bonchev–Trinajstić information content (AvgIpc) is 3.16. The van der Waals surface area contributed by atoms with Crippen LogP contribution in [0.25, 0.3) is 0 Å². The molecule has 1 fully saturated rings. The molecule has 0 N–H and O–H groups in total. The van der Waals surface area contributed by atoms with Gasteiger partial charge in [-0.1, -0.05) is 36.8 Å². The molecule has 0 unspecified atom stereocenters. The van der Waals surface area contributed by atoms with E-state index in [1.54, 1.807) is 6.92 Å². The Labute approximate surface area is 126 Å². The highest BCUT2D eigenvalue weighted by Gasteiger charge is 2.71. The van der Waals surface area contributed by atoms with Gasteiger partial charge >= 0.3 is 0 Å². The molecule has 0 heterocycles. The van der Waals surface area contributed by atoms with Crippen LogP contribution in [-0.2, 0) is 14.6 Å². The van der Waals surface area contributed by atoms with E-state index in [9.17, 15) is 13.7 Å². The summed E-state index contributed by atoms with van der Waals surface area (Å²) >= 11 is 0. The molecule has 21 heavy (non-hydrogen) atoms. The van der Waals surface area contributed by atoms with Crippen LogP contribution in [0.2, 0.25) is 0 Å². The minimum absolute atomic E-state index is 0.0512. The zero-order valence-electron chi connectivity index (χ0n) is 12.7. The van der Waals surface area contributed by atoms with Crippen molar-refractivity contribution >= 4 is 9.84 Å². The third-order valence-electron chi connectivity index (χ3n) is 4.24. The van der Waals surface area contributed by atoms with Crippen molar-refractivity contribution in [2.45, 2.75) is 31.9 Å². The minimum Gasteiger partial charge on any atom is -0.380 e. The Morgan fingerprint density at radius 2 is 1.90 bits per heavy atom. The summed E-state index contributed by atoms with van der Waals surface area (Å²) in [4.78, 5) is 0. The van der Waals surface area contributed by atoms with E-state index in [4.69, 9.17) is 4.74 Å². The van der Waals surface area contributed by atoms with Crippen LogP contribution in [0.5, 0.6) is 0 Å². The third kappa shape index (κ3) is 2.70. The molecule has 0 spiro atoms. The quantitative estimate of drug-likeness (QED) is 0.809. The van der Waals surface area contributed by atoms with E-state index in [1.165, 1.54) is 0 Å². The first-order valence-corrected chi connectivity index (χ1v) is 8.91. The van der Waals surface area contributed by atoms with Crippen molar-refractivity contribution in [1.29, 1.82) is 5.26 Å². The van der Waals surface area contributed by atoms with Gasteiger partial charge in [0.15, 0.2) is 9.84 Å². The van der Waals surface area contributed by atoms with Gasteiger partial charge in [0, 0.05) is 18.3 Å². The van der Waals surface area contributed by atoms with Crippen LogP contribution in [0.1, 0.15) is 30.9 Å². The van der Waals surface area contributed by atoms with Crippen LogP contribution >= 0.6 is 0 Å².